The van der Waals surface area contributed by atoms with Crippen molar-refractivity contribution in [3.63, 3.8) is 0 Å². The number of rotatable bonds is 10. The minimum atomic E-state index is -3.43. The Labute approximate surface area is 202 Å². The number of aliphatic imine (C=N–C) groups is 1. The molecule has 1 aliphatic rings. The highest BCUT2D eigenvalue weighted by Gasteiger charge is 2.22. The van der Waals surface area contributed by atoms with E-state index in [-0.39, 0.29) is 17.7 Å². The Bertz CT molecular complexity index is 1310. The smallest absolute Gasteiger partial charge is 0.233 e. The van der Waals surface area contributed by atoms with Crippen LogP contribution in [0.2, 0.25) is 0 Å². The van der Waals surface area contributed by atoms with E-state index in [1.807, 2.05) is 12.1 Å². The molecule has 9 nitrogen and oxygen atoms in total. The molecule has 186 valence electrons. The van der Waals surface area contributed by atoms with Gasteiger partial charge in [0.1, 0.15) is 41.8 Å². The van der Waals surface area contributed by atoms with Crippen LogP contribution in [-0.4, -0.2) is 67.7 Å². The minimum Gasteiger partial charge on any atom is -0.488 e. The van der Waals surface area contributed by atoms with Gasteiger partial charge in [-0.3, -0.25) is 0 Å². The van der Waals surface area contributed by atoms with Crippen LogP contribution in [0, 0.1) is 0 Å². The fourth-order valence-corrected chi connectivity index (χ4v) is 4.01. The Balaban J connectivity index is 1.60. The monoisotopic (exact) mass is 503 g/mol. The van der Waals surface area contributed by atoms with Crippen LogP contribution in [0.4, 0.5) is 4.39 Å². The first-order valence-corrected chi connectivity index (χ1v) is 12.9. The van der Waals surface area contributed by atoms with Crippen molar-refractivity contribution in [2.24, 2.45) is 4.99 Å². The summed E-state index contributed by atoms with van der Waals surface area (Å²) in [6, 6.07) is 11.7. The quantitative estimate of drug-likeness (QED) is 0.434. The molecule has 0 spiro atoms. The van der Waals surface area contributed by atoms with Crippen LogP contribution >= 0.6 is 0 Å². The number of nitrogens with zero attached hydrogens (tertiary/aromatic N) is 2. The third kappa shape index (κ3) is 6.17. The van der Waals surface area contributed by atoms with Crippen molar-refractivity contribution in [1.82, 2.24) is 9.97 Å². The highest BCUT2D eigenvalue weighted by Crippen LogP contribution is 2.33. The molecule has 3 heterocycles. The lowest BCUT2D eigenvalue weighted by molar-refractivity contribution is 0.169. The third-order valence-electron chi connectivity index (χ3n) is 5.15. The second-order valence-corrected chi connectivity index (χ2v) is 10.1. The molecule has 0 saturated carbocycles. The average molecular weight is 504 g/mol. The van der Waals surface area contributed by atoms with E-state index in [2.05, 4.69) is 15.0 Å². The molecule has 0 amide bonds. The minimum absolute atomic E-state index is 0.0306. The Morgan fingerprint density at radius 2 is 1.94 bits per heavy atom. The molecule has 0 bridgehead atoms. The summed E-state index contributed by atoms with van der Waals surface area (Å²) in [7, 11) is -3.43. The van der Waals surface area contributed by atoms with E-state index in [9.17, 15) is 12.8 Å². The molecule has 2 atom stereocenters. The summed E-state index contributed by atoms with van der Waals surface area (Å²) in [6.45, 7) is 1.48. The maximum Gasteiger partial charge on any atom is 0.233 e. The predicted molar refractivity (Wildman–Crippen MR) is 128 cm³/mol. The van der Waals surface area contributed by atoms with Crippen molar-refractivity contribution in [2.75, 3.05) is 26.1 Å². The molecule has 1 aliphatic heterocycles. The molecule has 2 N–H and O–H groups in total. The molecular weight excluding hydrogens is 477 g/mol. The number of benzene rings is 1. The molecule has 0 fully saturated rings. The van der Waals surface area contributed by atoms with Gasteiger partial charge in [-0.15, -0.1) is 0 Å². The summed E-state index contributed by atoms with van der Waals surface area (Å²) in [4.78, 5) is 11.6. The normalized spacial score (nSPS) is 16.5. The standard InChI is InChI=1S/C24H26FN3O6S/c1-15(12-25)32-19-9-16(21-4-5-22(28-21)24-27-14-18(34-24)7-8-29)10-20(11-19)33-17-3-6-23(26-13-17)35(2,30)31/h3-6,9-11,13,15,18,28-29H,7-8,12,14H2,1-2H3. The molecule has 35 heavy (non-hydrogen) atoms. The van der Waals surface area contributed by atoms with Gasteiger partial charge in [0.25, 0.3) is 0 Å². The van der Waals surface area contributed by atoms with E-state index in [1.54, 1.807) is 25.1 Å². The van der Waals surface area contributed by atoms with Crippen LogP contribution in [0.3, 0.4) is 0 Å². The van der Waals surface area contributed by atoms with Gasteiger partial charge in [0, 0.05) is 36.6 Å². The third-order valence-corrected chi connectivity index (χ3v) is 6.16. The highest BCUT2D eigenvalue weighted by molar-refractivity contribution is 7.90. The Morgan fingerprint density at radius 3 is 2.63 bits per heavy atom. The van der Waals surface area contributed by atoms with Crippen molar-refractivity contribution in [3.05, 3.63) is 54.4 Å². The van der Waals surface area contributed by atoms with Gasteiger partial charge in [-0.1, -0.05) is 0 Å². The molecule has 0 aliphatic carbocycles. The Morgan fingerprint density at radius 1 is 1.17 bits per heavy atom. The summed E-state index contributed by atoms with van der Waals surface area (Å²) in [5, 5.41) is 9.05. The van der Waals surface area contributed by atoms with Gasteiger partial charge in [-0.25, -0.2) is 22.8 Å². The molecule has 1 aromatic carbocycles. The van der Waals surface area contributed by atoms with E-state index in [0.29, 0.717) is 47.4 Å². The number of ether oxygens (including phenoxy) is 3. The van der Waals surface area contributed by atoms with Crippen molar-refractivity contribution >= 4 is 15.7 Å². The van der Waals surface area contributed by atoms with Crippen LogP contribution < -0.4 is 9.47 Å². The van der Waals surface area contributed by atoms with Crippen LogP contribution in [0.25, 0.3) is 11.3 Å². The van der Waals surface area contributed by atoms with Gasteiger partial charge in [-0.2, -0.15) is 0 Å². The molecule has 0 saturated heterocycles. The number of hydrogen-bond acceptors (Lipinski definition) is 8. The number of aromatic amines is 1. The summed E-state index contributed by atoms with van der Waals surface area (Å²) in [5.74, 6) is 1.60. The van der Waals surface area contributed by atoms with E-state index in [4.69, 9.17) is 19.3 Å². The first kappa shape index (κ1) is 24.7. The van der Waals surface area contributed by atoms with E-state index in [0.717, 1.165) is 11.9 Å². The fourth-order valence-electron chi connectivity index (χ4n) is 3.45. The zero-order valence-corrected chi connectivity index (χ0v) is 20.1. The summed E-state index contributed by atoms with van der Waals surface area (Å²) in [5.41, 5.74) is 2.12. The summed E-state index contributed by atoms with van der Waals surface area (Å²) in [6.07, 6.45) is 2.10. The number of halogens is 1. The van der Waals surface area contributed by atoms with Gasteiger partial charge in [0.05, 0.1) is 12.7 Å². The zero-order valence-electron chi connectivity index (χ0n) is 19.3. The molecule has 2 aromatic heterocycles. The molecule has 2 unspecified atom stereocenters. The first-order valence-electron chi connectivity index (χ1n) is 11.0. The highest BCUT2D eigenvalue weighted by atomic mass is 32.2. The van der Waals surface area contributed by atoms with Gasteiger partial charge < -0.3 is 24.3 Å². The van der Waals surface area contributed by atoms with Crippen LogP contribution in [-0.2, 0) is 14.6 Å². The van der Waals surface area contributed by atoms with Crippen molar-refractivity contribution in [3.8, 4) is 28.5 Å². The number of aliphatic hydroxyl groups excluding tert-OH is 1. The van der Waals surface area contributed by atoms with Crippen molar-refractivity contribution in [2.45, 2.75) is 30.6 Å². The number of aromatic nitrogens is 2. The predicted octanol–water partition coefficient (Wildman–Crippen LogP) is 3.54. The van der Waals surface area contributed by atoms with Crippen LogP contribution in [0.15, 0.2) is 58.7 Å². The molecular formula is C24H26FN3O6S. The Kier molecular flexibility index (Phi) is 7.37. The lowest BCUT2D eigenvalue weighted by atomic mass is 10.1. The van der Waals surface area contributed by atoms with Gasteiger partial charge in [0.2, 0.25) is 5.90 Å². The van der Waals surface area contributed by atoms with Crippen LogP contribution in [0.5, 0.6) is 17.2 Å². The molecule has 11 heteroatoms. The number of alkyl halides is 1. The van der Waals surface area contributed by atoms with E-state index >= 15 is 0 Å². The maximum atomic E-state index is 13.1. The van der Waals surface area contributed by atoms with Gasteiger partial charge >= 0.3 is 0 Å². The average Bonchev–Trinajstić information content (AvgIpc) is 3.49. The number of aliphatic hydroxyl groups is 1. The molecule has 0 radical (unpaired) electrons. The largest absolute Gasteiger partial charge is 0.488 e. The lowest BCUT2D eigenvalue weighted by Gasteiger charge is -2.14. The number of pyridine rings is 1. The van der Waals surface area contributed by atoms with E-state index in [1.165, 1.54) is 18.3 Å². The second kappa shape index (κ2) is 10.4. The second-order valence-electron chi connectivity index (χ2n) is 8.17. The Hall–Kier alpha value is -3.44. The fraction of sp³-hybridized carbons (Fsp3) is 0.333. The first-order chi connectivity index (χ1) is 16.7. The van der Waals surface area contributed by atoms with Crippen molar-refractivity contribution in [1.29, 1.82) is 0 Å². The zero-order chi connectivity index (χ0) is 25.0. The number of sulfone groups is 1. The number of hydrogen-bond donors (Lipinski definition) is 2. The maximum absolute atomic E-state index is 13.1. The van der Waals surface area contributed by atoms with Gasteiger partial charge in [0.15, 0.2) is 14.9 Å². The number of nitrogens with one attached hydrogen (secondary N) is 1. The summed E-state index contributed by atoms with van der Waals surface area (Å²) < 4.78 is 53.7. The molecule has 4 rings (SSSR count). The SMILES string of the molecule is CC(CF)Oc1cc(Oc2ccc(S(C)(=O)=O)nc2)cc(-c2ccc(C3=NCC(CCO)O3)[nH]2)c1. The molecule has 3 aromatic rings. The summed E-state index contributed by atoms with van der Waals surface area (Å²) >= 11 is 0. The lowest BCUT2D eigenvalue weighted by Crippen LogP contribution is -2.15. The van der Waals surface area contributed by atoms with E-state index < -0.39 is 22.6 Å². The topological polar surface area (TPSA) is 123 Å². The number of H-pyrrole nitrogens is 1. The van der Waals surface area contributed by atoms with Crippen molar-refractivity contribution < 1.29 is 32.1 Å². The van der Waals surface area contributed by atoms with Crippen LogP contribution in [0.1, 0.15) is 19.0 Å². The van der Waals surface area contributed by atoms with Gasteiger partial charge in [-0.05, 0) is 43.3 Å².